The zero-order chi connectivity index (χ0) is 14.8. The quantitative estimate of drug-likeness (QED) is 0.669. The molecule has 0 bridgehead atoms. The summed E-state index contributed by atoms with van der Waals surface area (Å²) < 4.78 is 13.9. The molecule has 1 aromatic heterocycles. The number of para-hydroxylation sites is 1. The van der Waals surface area contributed by atoms with Gasteiger partial charge in [0, 0.05) is 23.6 Å². The Morgan fingerprint density at radius 2 is 1.86 bits per heavy atom. The molecule has 3 rings (SSSR count). The molecule has 3 aromatic rings. The average molecular weight is 300 g/mol. The maximum Gasteiger partial charge on any atom is 0.169 e. The molecule has 0 unspecified atom stereocenters. The third-order valence-corrected chi connectivity index (χ3v) is 3.61. The fourth-order valence-corrected chi connectivity index (χ4v) is 2.48. The van der Waals surface area contributed by atoms with Crippen LogP contribution in [0, 0.1) is 5.82 Å². The van der Waals surface area contributed by atoms with Gasteiger partial charge in [0.25, 0.3) is 0 Å². The van der Waals surface area contributed by atoms with Gasteiger partial charge >= 0.3 is 0 Å². The Labute approximate surface area is 126 Å². The van der Waals surface area contributed by atoms with Gasteiger partial charge in [-0.25, -0.2) is 4.39 Å². The van der Waals surface area contributed by atoms with Crippen molar-refractivity contribution in [3.05, 3.63) is 76.7 Å². The van der Waals surface area contributed by atoms with Gasteiger partial charge in [-0.1, -0.05) is 41.9 Å². The molecule has 0 atom stereocenters. The van der Waals surface area contributed by atoms with Gasteiger partial charge in [-0.3, -0.25) is 9.78 Å². The number of hydrogen-bond acceptors (Lipinski definition) is 2. The first-order valence-corrected chi connectivity index (χ1v) is 6.84. The van der Waals surface area contributed by atoms with E-state index in [2.05, 4.69) is 4.98 Å². The number of carbonyl (C=O) groups is 1. The minimum absolute atomic E-state index is 0.0244. The highest BCUT2D eigenvalue weighted by molar-refractivity contribution is 6.30. The molecule has 2 aromatic carbocycles. The summed E-state index contributed by atoms with van der Waals surface area (Å²) in [5.41, 5.74) is 1.42. The molecule has 0 aliphatic heterocycles. The van der Waals surface area contributed by atoms with E-state index >= 15 is 0 Å². The maximum atomic E-state index is 13.9. The van der Waals surface area contributed by atoms with Crippen LogP contribution in [0.15, 0.2) is 54.7 Å². The molecular formula is C17H11ClFNO. The summed E-state index contributed by atoms with van der Waals surface area (Å²) in [7, 11) is 0. The smallest absolute Gasteiger partial charge is 0.169 e. The van der Waals surface area contributed by atoms with E-state index < -0.39 is 5.82 Å². The summed E-state index contributed by atoms with van der Waals surface area (Å²) in [5.74, 6) is -0.721. The van der Waals surface area contributed by atoms with Crippen LogP contribution in [0.1, 0.15) is 15.9 Å². The number of nitrogens with zero attached hydrogens (tertiary/aromatic N) is 1. The number of Topliss-reactive ketones (excluding diaryl/α,β-unsaturated/α-hetero) is 1. The van der Waals surface area contributed by atoms with E-state index in [1.165, 1.54) is 6.07 Å². The molecule has 0 fully saturated rings. The number of carbonyl (C=O) groups excluding carboxylic acids is 1. The van der Waals surface area contributed by atoms with Crippen LogP contribution in [-0.2, 0) is 6.42 Å². The van der Waals surface area contributed by atoms with Gasteiger partial charge in [-0.15, -0.1) is 0 Å². The minimum Gasteiger partial charge on any atom is -0.294 e. The van der Waals surface area contributed by atoms with E-state index in [9.17, 15) is 9.18 Å². The number of hydrogen-bond donors (Lipinski definition) is 0. The number of benzene rings is 2. The van der Waals surface area contributed by atoms with Gasteiger partial charge in [0.15, 0.2) is 5.78 Å². The molecule has 0 spiro atoms. The Kier molecular flexibility index (Phi) is 3.67. The fraction of sp³-hybridized carbons (Fsp3) is 0.0588. The molecular weight excluding hydrogens is 289 g/mol. The number of fused-ring (bicyclic) bond motifs is 1. The predicted molar refractivity (Wildman–Crippen MR) is 81.2 cm³/mol. The lowest BCUT2D eigenvalue weighted by atomic mass is 10.00. The van der Waals surface area contributed by atoms with Crippen LogP contribution in [0.3, 0.4) is 0 Å². The molecule has 0 radical (unpaired) electrons. The minimum atomic E-state index is -0.541. The van der Waals surface area contributed by atoms with Gasteiger partial charge in [0.2, 0.25) is 0 Å². The van der Waals surface area contributed by atoms with Gasteiger partial charge in [-0.05, 0) is 23.8 Å². The monoisotopic (exact) mass is 299 g/mol. The first-order chi connectivity index (χ1) is 10.2. The number of halogens is 2. The Hall–Kier alpha value is -2.26. The van der Waals surface area contributed by atoms with Crippen LogP contribution in [0.25, 0.3) is 10.9 Å². The first-order valence-electron chi connectivity index (χ1n) is 6.46. The second kappa shape index (κ2) is 5.62. The zero-order valence-corrected chi connectivity index (χ0v) is 11.8. The second-order valence-corrected chi connectivity index (χ2v) is 5.10. The molecule has 4 heteroatoms. The zero-order valence-electron chi connectivity index (χ0n) is 11.0. The molecule has 1 heterocycles. The Morgan fingerprint density at radius 3 is 2.71 bits per heavy atom. The largest absolute Gasteiger partial charge is 0.294 e. The summed E-state index contributed by atoms with van der Waals surface area (Å²) in [6.45, 7) is 0. The van der Waals surface area contributed by atoms with Crippen molar-refractivity contribution < 1.29 is 9.18 Å². The third kappa shape index (κ3) is 2.65. The average Bonchev–Trinajstić information content (AvgIpc) is 2.51. The second-order valence-electron chi connectivity index (χ2n) is 4.69. The SMILES string of the molecule is O=C(Cc1cccc(Cl)c1F)c1cccc2cccnc12. The summed E-state index contributed by atoms with van der Waals surface area (Å²) in [6.07, 6.45) is 1.60. The molecule has 21 heavy (non-hydrogen) atoms. The molecule has 0 aliphatic rings. The lowest BCUT2D eigenvalue weighted by molar-refractivity contribution is 0.0993. The maximum absolute atomic E-state index is 13.9. The van der Waals surface area contributed by atoms with Crippen LogP contribution in [0.5, 0.6) is 0 Å². The summed E-state index contributed by atoms with van der Waals surface area (Å²) in [5, 5.41) is 0.909. The van der Waals surface area contributed by atoms with Crippen molar-refractivity contribution in [3.63, 3.8) is 0 Å². The van der Waals surface area contributed by atoms with Crippen LogP contribution in [-0.4, -0.2) is 10.8 Å². The van der Waals surface area contributed by atoms with Crippen molar-refractivity contribution in [2.45, 2.75) is 6.42 Å². The highest BCUT2D eigenvalue weighted by Crippen LogP contribution is 2.22. The Bertz CT molecular complexity index is 827. The van der Waals surface area contributed by atoms with Gasteiger partial charge in [0.1, 0.15) is 5.82 Å². The summed E-state index contributed by atoms with van der Waals surface area (Å²) in [4.78, 5) is 16.7. The van der Waals surface area contributed by atoms with Gasteiger partial charge < -0.3 is 0 Å². The van der Waals surface area contributed by atoms with Crippen LogP contribution in [0.2, 0.25) is 5.02 Å². The number of ketones is 1. The van der Waals surface area contributed by atoms with Crippen molar-refractivity contribution in [3.8, 4) is 0 Å². The van der Waals surface area contributed by atoms with E-state index in [0.717, 1.165) is 5.39 Å². The topological polar surface area (TPSA) is 30.0 Å². The standard InChI is InChI=1S/C17H11ClFNO/c18-14-8-2-5-12(16(14)19)10-15(21)13-7-1-4-11-6-3-9-20-17(11)13/h1-9H,10H2. The molecule has 0 saturated carbocycles. The Balaban J connectivity index is 2.00. The normalized spacial score (nSPS) is 10.8. The summed E-state index contributed by atoms with van der Waals surface area (Å²) in [6, 6.07) is 13.8. The molecule has 0 N–H and O–H groups in total. The Morgan fingerprint density at radius 1 is 1.10 bits per heavy atom. The van der Waals surface area contributed by atoms with E-state index in [0.29, 0.717) is 16.6 Å². The highest BCUT2D eigenvalue weighted by atomic mass is 35.5. The highest BCUT2D eigenvalue weighted by Gasteiger charge is 2.15. The lowest BCUT2D eigenvalue weighted by Gasteiger charge is -2.06. The first kappa shape index (κ1) is 13.7. The van der Waals surface area contributed by atoms with Crippen LogP contribution < -0.4 is 0 Å². The van der Waals surface area contributed by atoms with Crippen LogP contribution >= 0.6 is 11.6 Å². The van der Waals surface area contributed by atoms with Crippen LogP contribution in [0.4, 0.5) is 4.39 Å². The molecule has 0 amide bonds. The fourth-order valence-electron chi connectivity index (χ4n) is 2.28. The number of aromatic nitrogens is 1. The van der Waals surface area contributed by atoms with E-state index in [1.54, 1.807) is 30.5 Å². The third-order valence-electron chi connectivity index (χ3n) is 3.32. The molecule has 0 saturated heterocycles. The number of rotatable bonds is 3. The molecule has 0 aliphatic carbocycles. The van der Waals surface area contributed by atoms with E-state index in [1.807, 2.05) is 18.2 Å². The number of pyridine rings is 1. The van der Waals surface area contributed by atoms with E-state index in [4.69, 9.17) is 11.6 Å². The van der Waals surface area contributed by atoms with Crippen molar-refractivity contribution in [2.24, 2.45) is 0 Å². The van der Waals surface area contributed by atoms with Gasteiger partial charge in [0.05, 0.1) is 10.5 Å². The van der Waals surface area contributed by atoms with Crippen molar-refractivity contribution >= 4 is 28.3 Å². The molecule has 104 valence electrons. The predicted octanol–water partition coefficient (Wildman–Crippen LogP) is 4.45. The lowest BCUT2D eigenvalue weighted by Crippen LogP contribution is -2.06. The van der Waals surface area contributed by atoms with Crippen molar-refractivity contribution in [1.82, 2.24) is 4.98 Å². The van der Waals surface area contributed by atoms with Crippen molar-refractivity contribution in [1.29, 1.82) is 0 Å². The summed E-state index contributed by atoms with van der Waals surface area (Å²) >= 11 is 5.74. The van der Waals surface area contributed by atoms with E-state index in [-0.39, 0.29) is 17.2 Å². The van der Waals surface area contributed by atoms with Gasteiger partial charge in [-0.2, -0.15) is 0 Å². The molecule has 2 nitrogen and oxygen atoms in total. The van der Waals surface area contributed by atoms with Crippen molar-refractivity contribution in [2.75, 3.05) is 0 Å².